The summed E-state index contributed by atoms with van der Waals surface area (Å²) in [6, 6.07) is 3.94. The summed E-state index contributed by atoms with van der Waals surface area (Å²) < 4.78 is 0. The minimum Gasteiger partial charge on any atom is -0.262 e. The van der Waals surface area contributed by atoms with Crippen LogP contribution in [0.15, 0.2) is 18.3 Å². The van der Waals surface area contributed by atoms with E-state index in [1.807, 2.05) is 19.1 Å². The molecule has 0 aliphatic heterocycles. The third-order valence-corrected chi connectivity index (χ3v) is 3.49. The van der Waals surface area contributed by atoms with Gasteiger partial charge in [0, 0.05) is 23.4 Å². The van der Waals surface area contributed by atoms with Crippen LogP contribution in [0.5, 0.6) is 0 Å². The Bertz CT molecular complexity index is 512. The van der Waals surface area contributed by atoms with Crippen LogP contribution in [0.4, 0.5) is 0 Å². The minimum absolute atomic E-state index is 0.577. The van der Waals surface area contributed by atoms with Crippen molar-refractivity contribution in [2.24, 2.45) is 0 Å². The molecular formula is C13H16N4. The van der Waals surface area contributed by atoms with Crippen LogP contribution in [-0.4, -0.2) is 20.2 Å². The van der Waals surface area contributed by atoms with Crippen molar-refractivity contribution >= 4 is 0 Å². The van der Waals surface area contributed by atoms with Gasteiger partial charge in [0.15, 0.2) is 5.82 Å². The molecule has 1 fully saturated rings. The van der Waals surface area contributed by atoms with Gasteiger partial charge in [0.1, 0.15) is 5.82 Å². The molecule has 3 rings (SSSR count). The summed E-state index contributed by atoms with van der Waals surface area (Å²) in [7, 11) is 0. The normalized spacial score (nSPS) is 16.5. The van der Waals surface area contributed by atoms with Crippen LogP contribution in [0.2, 0.25) is 0 Å². The Morgan fingerprint density at radius 2 is 2.12 bits per heavy atom. The molecule has 1 aliphatic rings. The number of H-pyrrole nitrogens is 1. The molecule has 2 heterocycles. The second-order valence-electron chi connectivity index (χ2n) is 4.66. The van der Waals surface area contributed by atoms with Crippen molar-refractivity contribution < 1.29 is 0 Å². The molecule has 1 aliphatic carbocycles. The van der Waals surface area contributed by atoms with Crippen LogP contribution in [0.25, 0.3) is 11.4 Å². The van der Waals surface area contributed by atoms with E-state index >= 15 is 0 Å². The molecule has 4 heteroatoms. The third kappa shape index (κ3) is 1.95. The monoisotopic (exact) mass is 228 g/mol. The summed E-state index contributed by atoms with van der Waals surface area (Å²) in [4.78, 5) is 8.89. The van der Waals surface area contributed by atoms with Gasteiger partial charge < -0.3 is 0 Å². The highest BCUT2D eigenvalue weighted by Crippen LogP contribution is 2.32. The van der Waals surface area contributed by atoms with Crippen molar-refractivity contribution in [2.75, 3.05) is 0 Å². The fraction of sp³-hybridized carbons (Fsp3) is 0.462. The van der Waals surface area contributed by atoms with Gasteiger partial charge in [-0.1, -0.05) is 12.8 Å². The maximum Gasteiger partial charge on any atom is 0.182 e. The predicted octanol–water partition coefficient (Wildman–Crippen LogP) is 2.83. The van der Waals surface area contributed by atoms with Gasteiger partial charge in [0.2, 0.25) is 0 Å². The Hall–Kier alpha value is -1.71. The number of hydrogen-bond donors (Lipinski definition) is 1. The number of aryl methyl sites for hydroxylation is 1. The Labute approximate surface area is 101 Å². The lowest BCUT2D eigenvalue weighted by molar-refractivity contribution is 0.672. The van der Waals surface area contributed by atoms with E-state index < -0.39 is 0 Å². The van der Waals surface area contributed by atoms with Crippen LogP contribution in [0.3, 0.4) is 0 Å². The van der Waals surface area contributed by atoms with Gasteiger partial charge in [0.05, 0.1) is 0 Å². The van der Waals surface area contributed by atoms with Crippen molar-refractivity contribution in [2.45, 2.75) is 38.5 Å². The van der Waals surface area contributed by atoms with Crippen molar-refractivity contribution in [3.63, 3.8) is 0 Å². The zero-order valence-electron chi connectivity index (χ0n) is 9.98. The largest absolute Gasteiger partial charge is 0.262 e. The summed E-state index contributed by atoms with van der Waals surface area (Å²) >= 11 is 0. The highest BCUT2D eigenvalue weighted by molar-refractivity contribution is 5.57. The van der Waals surface area contributed by atoms with E-state index in [1.54, 1.807) is 6.20 Å². The molecule has 0 radical (unpaired) electrons. The van der Waals surface area contributed by atoms with Crippen LogP contribution in [0.1, 0.15) is 43.1 Å². The first-order valence-electron chi connectivity index (χ1n) is 6.19. The Morgan fingerprint density at radius 1 is 1.29 bits per heavy atom. The fourth-order valence-corrected chi connectivity index (χ4v) is 2.50. The molecule has 1 N–H and O–H groups in total. The molecular weight excluding hydrogens is 212 g/mol. The van der Waals surface area contributed by atoms with E-state index in [9.17, 15) is 0 Å². The van der Waals surface area contributed by atoms with Gasteiger partial charge in [0.25, 0.3) is 0 Å². The molecule has 0 bridgehead atoms. The quantitative estimate of drug-likeness (QED) is 0.859. The Balaban J connectivity index is 1.92. The lowest BCUT2D eigenvalue weighted by atomic mass is 10.1. The molecule has 0 spiro atoms. The number of nitrogens with one attached hydrogen (secondary N) is 1. The molecule has 0 saturated heterocycles. The zero-order valence-corrected chi connectivity index (χ0v) is 9.98. The lowest BCUT2D eigenvalue weighted by Crippen LogP contribution is -1.94. The molecule has 0 amide bonds. The van der Waals surface area contributed by atoms with Crippen molar-refractivity contribution in [3.8, 4) is 11.4 Å². The minimum atomic E-state index is 0.577. The van der Waals surface area contributed by atoms with Gasteiger partial charge in [-0.2, -0.15) is 5.10 Å². The van der Waals surface area contributed by atoms with Crippen molar-refractivity contribution in [3.05, 3.63) is 29.8 Å². The fourth-order valence-electron chi connectivity index (χ4n) is 2.50. The number of hydrogen-bond acceptors (Lipinski definition) is 3. The van der Waals surface area contributed by atoms with Crippen molar-refractivity contribution in [1.29, 1.82) is 0 Å². The second-order valence-corrected chi connectivity index (χ2v) is 4.66. The Morgan fingerprint density at radius 3 is 2.88 bits per heavy atom. The van der Waals surface area contributed by atoms with Gasteiger partial charge in [-0.15, -0.1) is 0 Å². The van der Waals surface area contributed by atoms with Gasteiger partial charge >= 0.3 is 0 Å². The maximum atomic E-state index is 4.62. The number of nitrogens with zero attached hydrogens (tertiary/aromatic N) is 3. The summed E-state index contributed by atoms with van der Waals surface area (Å²) in [5.74, 6) is 2.39. The third-order valence-electron chi connectivity index (χ3n) is 3.49. The predicted molar refractivity (Wildman–Crippen MR) is 65.6 cm³/mol. The molecule has 17 heavy (non-hydrogen) atoms. The summed E-state index contributed by atoms with van der Waals surface area (Å²) in [6.45, 7) is 1.99. The van der Waals surface area contributed by atoms with Crippen LogP contribution >= 0.6 is 0 Å². The van der Waals surface area contributed by atoms with Gasteiger partial charge in [-0.25, -0.2) is 4.98 Å². The second kappa shape index (κ2) is 4.28. The number of aromatic amines is 1. The van der Waals surface area contributed by atoms with Gasteiger partial charge in [-0.05, 0) is 31.9 Å². The average molecular weight is 228 g/mol. The molecule has 0 aromatic carbocycles. The smallest absolute Gasteiger partial charge is 0.182 e. The standard InChI is InChI=1S/C13H16N4/c1-9-11(7-4-8-14-9)13-15-12(16-17-13)10-5-2-3-6-10/h4,7-8,10H,2-3,5-6H2,1H3,(H,15,16,17). The first-order valence-corrected chi connectivity index (χ1v) is 6.19. The molecule has 2 aromatic heterocycles. The topological polar surface area (TPSA) is 54.5 Å². The first-order chi connectivity index (χ1) is 8.34. The first kappa shape index (κ1) is 10.4. The van der Waals surface area contributed by atoms with E-state index in [0.29, 0.717) is 5.92 Å². The lowest BCUT2D eigenvalue weighted by Gasteiger charge is -2.02. The van der Waals surface area contributed by atoms with E-state index in [1.165, 1.54) is 25.7 Å². The SMILES string of the molecule is Cc1ncccc1-c1n[nH]c(C2CCCC2)n1. The molecule has 1 saturated carbocycles. The molecule has 2 aromatic rings. The molecule has 0 atom stereocenters. The maximum absolute atomic E-state index is 4.62. The zero-order chi connectivity index (χ0) is 11.7. The number of aromatic nitrogens is 4. The van der Waals surface area contributed by atoms with E-state index in [4.69, 9.17) is 0 Å². The van der Waals surface area contributed by atoms with E-state index in [2.05, 4.69) is 20.2 Å². The Kier molecular flexibility index (Phi) is 2.63. The van der Waals surface area contributed by atoms with E-state index in [0.717, 1.165) is 22.9 Å². The molecule has 0 unspecified atom stereocenters. The highest BCUT2D eigenvalue weighted by Gasteiger charge is 2.21. The molecule has 4 nitrogen and oxygen atoms in total. The van der Waals surface area contributed by atoms with Crippen LogP contribution in [-0.2, 0) is 0 Å². The van der Waals surface area contributed by atoms with E-state index in [-0.39, 0.29) is 0 Å². The number of pyridine rings is 1. The van der Waals surface area contributed by atoms with Crippen LogP contribution < -0.4 is 0 Å². The van der Waals surface area contributed by atoms with Gasteiger partial charge in [-0.3, -0.25) is 10.1 Å². The average Bonchev–Trinajstić information content (AvgIpc) is 3.00. The van der Waals surface area contributed by atoms with Crippen LogP contribution in [0, 0.1) is 6.92 Å². The summed E-state index contributed by atoms with van der Waals surface area (Å²) in [6.07, 6.45) is 6.89. The number of rotatable bonds is 2. The summed E-state index contributed by atoms with van der Waals surface area (Å²) in [5, 5.41) is 7.40. The van der Waals surface area contributed by atoms with Crippen molar-refractivity contribution in [1.82, 2.24) is 20.2 Å². The summed E-state index contributed by atoms with van der Waals surface area (Å²) in [5.41, 5.74) is 2.00. The highest BCUT2D eigenvalue weighted by atomic mass is 15.2. The molecule has 88 valence electrons.